The number of hydrogen-bond donors (Lipinski definition) is 1. The summed E-state index contributed by atoms with van der Waals surface area (Å²) in [5.74, 6) is 0.927. The SMILES string of the molecule is CCC(CCC1CCOCC1)NC. The Labute approximate surface area is 82.0 Å². The summed E-state index contributed by atoms with van der Waals surface area (Å²) in [6.45, 7) is 4.23. The molecule has 13 heavy (non-hydrogen) atoms. The van der Waals surface area contributed by atoms with E-state index in [9.17, 15) is 0 Å². The van der Waals surface area contributed by atoms with Gasteiger partial charge in [0.1, 0.15) is 0 Å². The Morgan fingerprint density at radius 2 is 2.08 bits per heavy atom. The van der Waals surface area contributed by atoms with E-state index in [0.717, 1.165) is 25.2 Å². The van der Waals surface area contributed by atoms with Crippen molar-refractivity contribution >= 4 is 0 Å². The summed E-state index contributed by atoms with van der Waals surface area (Å²) in [4.78, 5) is 0. The quantitative estimate of drug-likeness (QED) is 0.709. The number of rotatable bonds is 5. The van der Waals surface area contributed by atoms with Gasteiger partial charge in [0.05, 0.1) is 0 Å². The van der Waals surface area contributed by atoms with Gasteiger partial charge in [-0.25, -0.2) is 0 Å². The maximum absolute atomic E-state index is 5.34. The minimum absolute atomic E-state index is 0.725. The van der Waals surface area contributed by atoms with Gasteiger partial charge in [0.25, 0.3) is 0 Å². The van der Waals surface area contributed by atoms with Crippen LogP contribution < -0.4 is 5.32 Å². The van der Waals surface area contributed by atoms with E-state index in [1.165, 1.54) is 32.1 Å². The maximum Gasteiger partial charge on any atom is 0.0468 e. The third kappa shape index (κ3) is 4.10. The minimum atomic E-state index is 0.725. The third-order valence-corrected chi connectivity index (χ3v) is 3.17. The fraction of sp³-hybridized carbons (Fsp3) is 1.00. The summed E-state index contributed by atoms with van der Waals surface area (Å²) in [6.07, 6.45) is 6.51. The highest BCUT2D eigenvalue weighted by atomic mass is 16.5. The summed E-state index contributed by atoms with van der Waals surface area (Å²) < 4.78 is 5.34. The van der Waals surface area contributed by atoms with Crippen molar-refractivity contribution in [3.05, 3.63) is 0 Å². The van der Waals surface area contributed by atoms with Crippen molar-refractivity contribution in [2.75, 3.05) is 20.3 Å². The number of hydrogen-bond acceptors (Lipinski definition) is 2. The molecule has 1 rings (SSSR count). The molecule has 0 spiro atoms. The molecule has 0 aliphatic carbocycles. The first-order valence-corrected chi connectivity index (χ1v) is 5.61. The molecule has 0 aromatic carbocycles. The molecule has 2 nitrogen and oxygen atoms in total. The second-order valence-corrected chi connectivity index (χ2v) is 4.03. The number of nitrogens with one attached hydrogen (secondary N) is 1. The minimum Gasteiger partial charge on any atom is -0.381 e. The van der Waals surface area contributed by atoms with Crippen LogP contribution in [0, 0.1) is 5.92 Å². The van der Waals surface area contributed by atoms with Gasteiger partial charge in [-0.1, -0.05) is 6.92 Å². The van der Waals surface area contributed by atoms with Gasteiger partial charge < -0.3 is 10.1 Å². The van der Waals surface area contributed by atoms with Crippen molar-refractivity contribution in [1.29, 1.82) is 0 Å². The molecule has 78 valence electrons. The van der Waals surface area contributed by atoms with Gasteiger partial charge in [0, 0.05) is 19.3 Å². The van der Waals surface area contributed by atoms with E-state index in [2.05, 4.69) is 19.3 Å². The molecule has 0 aromatic heterocycles. The van der Waals surface area contributed by atoms with Gasteiger partial charge in [-0.3, -0.25) is 0 Å². The molecule has 1 unspecified atom stereocenters. The Kier molecular flexibility index (Phi) is 5.40. The Morgan fingerprint density at radius 1 is 1.38 bits per heavy atom. The molecule has 0 saturated carbocycles. The predicted molar refractivity (Wildman–Crippen MR) is 55.9 cm³/mol. The largest absolute Gasteiger partial charge is 0.381 e. The maximum atomic E-state index is 5.34. The van der Waals surface area contributed by atoms with Crippen molar-refractivity contribution in [2.45, 2.75) is 45.1 Å². The molecule has 1 heterocycles. The van der Waals surface area contributed by atoms with Crippen LogP contribution in [0.5, 0.6) is 0 Å². The molecule has 1 atom stereocenters. The van der Waals surface area contributed by atoms with Crippen LogP contribution in [-0.2, 0) is 4.74 Å². The smallest absolute Gasteiger partial charge is 0.0468 e. The first-order chi connectivity index (χ1) is 6.36. The van der Waals surface area contributed by atoms with Crippen LogP contribution in [0.4, 0.5) is 0 Å². The standard InChI is InChI=1S/C11H23NO/c1-3-11(12-2)5-4-10-6-8-13-9-7-10/h10-12H,3-9H2,1-2H3. The van der Waals surface area contributed by atoms with Crippen molar-refractivity contribution in [3.63, 3.8) is 0 Å². The zero-order valence-electron chi connectivity index (χ0n) is 9.01. The lowest BCUT2D eigenvalue weighted by molar-refractivity contribution is 0.0624. The van der Waals surface area contributed by atoms with Crippen LogP contribution in [0.1, 0.15) is 39.0 Å². The second-order valence-electron chi connectivity index (χ2n) is 4.03. The highest BCUT2D eigenvalue weighted by molar-refractivity contribution is 4.68. The Balaban J connectivity index is 2.09. The summed E-state index contributed by atoms with van der Waals surface area (Å²) in [5.41, 5.74) is 0. The first-order valence-electron chi connectivity index (χ1n) is 5.61. The topological polar surface area (TPSA) is 21.3 Å². The van der Waals surface area contributed by atoms with Crippen molar-refractivity contribution in [1.82, 2.24) is 5.32 Å². The van der Waals surface area contributed by atoms with Crippen LogP contribution in [0.25, 0.3) is 0 Å². The molecule has 0 aromatic rings. The van der Waals surface area contributed by atoms with E-state index in [0.29, 0.717) is 0 Å². The van der Waals surface area contributed by atoms with Gasteiger partial charge in [-0.15, -0.1) is 0 Å². The Morgan fingerprint density at radius 3 is 2.62 bits per heavy atom. The van der Waals surface area contributed by atoms with E-state index in [4.69, 9.17) is 4.74 Å². The molecule has 1 fully saturated rings. The summed E-state index contributed by atoms with van der Waals surface area (Å²) in [5, 5.41) is 3.36. The predicted octanol–water partition coefficient (Wildman–Crippen LogP) is 2.19. The van der Waals surface area contributed by atoms with E-state index in [-0.39, 0.29) is 0 Å². The molecule has 1 saturated heterocycles. The summed E-state index contributed by atoms with van der Waals surface area (Å²) >= 11 is 0. The zero-order chi connectivity index (χ0) is 9.52. The molecule has 0 bridgehead atoms. The molecule has 1 aliphatic heterocycles. The van der Waals surface area contributed by atoms with Crippen LogP contribution in [0.2, 0.25) is 0 Å². The van der Waals surface area contributed by atoms with E-state index < -0.39 is 0 Å². The van der Waals surface area contributed by atoms with E-state index in [1.54, 1.807) is 0 Å². The molecular formula is C11H23NO. The molecule has 1 aliphatic rings. The molecule has 2 heteroatoms. The van der Waals surface area contributed by atoms with E-state index in [1.807, 2.05) is 0 Å². The highest BCUT2D eigenvalue weighted by Crippen LogP contribution is 2.21. The summed E-state index contributed by atoms with van der Waals surface area (Å²) in [6, 6.07) is 0.725. The normalized spacial score (nSPS) is 21.7. The second kappa shape index (κ2) is 6.39. The van der Waals surface area contributed by atoms with Crippen LogP contribution in [0.3, 0.4) is 0 Å². The zero-order valence-corrected chi connectivity index (χ0v) is 9.01. The Bertz CT molecular complexity index is 117. The third-order valence-electron chi connectivity index (χ3n) is 3.17. The van der Waals surface area contributed by atoms with Gasteiger partial charge >= 0.3 is 0 Å². The fourth-order valence-electron chi connectivity index (χ4n) is 2.02. The lowest BCUT2D eigenvalue weighted by Gasteiger charge is -2.23. The first kappa shape index (κ1) is 11.0. The summed E-state index contributed by atoms with van der Waals surface area (Å²) in [7, 11) is 2.07. The molecule has 1 N–H and O–H groups in total. The van der Waals surface area contributed by atoms with Crippen molar-refractivity contribution in [2.24, 2.45) is 5.92 Å². The molecule has 0 radical (unpaired) electrons. The fourth-order valence-corrected chi connectivity index (χ4v) is 2.02. The van der Waals surface area contributed by atoms with Crippen molar-refractivity contribution in [3.8, 4) is 0 Å². The highest BCUT2D eigenvalue weighted by Gasteiger charge is 2.14. The number of ether oxygens (including phenoxy) is 1. The lowest BCUT2D eigenvalue weighted by Crippen LogP contribution is -2.26. The lowest BCUT2D eigenvalue weighted by atomic mass is 9.92. The van der Waals surface area contributed by atoms with Gasteiger partial charge in [-0.05, 0) is 45.1 Å². The average molecular weight is 185 g/mol. The monoisotopic (exact) mass is 185 g/mol. The Hall–Kier alpha value is -0.0800. The molecule has 0 amide bonds. The van der Waals surface area contributed by atoms with Crippen LogP contribution in [0.15, 0.2) is 0 Å². The van der Waals surface area contributed by atoms with Crippen molar-refractivity contribution < 1.29 is 4.74 Å². The van der Waals surface area contributed by atoms with Gasteiger partial charge in [-0.2, -0.15) is 0 Å². The van der Waals surface area contributed by atoms with E-state index >= 15 is 0 Å². The molecular weight excluding hydrogens is 162 g/mol. The van der Waals surface area contributed by atoms with Crippen LogP contribution >= 0.6 is 0 Å². The van der Waals surface area contributed by atoms with Gasteiger partial charge in [0.15, 0.2) is 0 Å². The average Bonchev–Trinajstić information content (AvgIpc) is 2.21. The van der Waals surface area contributed by atoms with Gasteiger partial charge in [0.2, 0.25) is 0 Å². The van der Waals surface area contributed by atoms with Crippen LogP contribution in [-0.4, -0.2) is 26.3 Å².